The molecule has 1 aromatic carbocycles. The number of nitrogen functional groups attached to an aromatic ring is 1. The highest BCUT2D eigenvalue weighted by Gasteiger charge is 2.14. The van der Waals surface area contributed by atoms with Gasteiger partial charge in [0.1, 0.15) is 5.82 Å². The van der Waals surface area contributed by atoms with E-state index < -0.39 is 11.8 Å². The van der Waals surface area contributed by atoms with Crippen LogP contribution >= 0.6 is 11.6 Å². The number of hydrogen-bond acceptors (Lipinski definition) is 5. The molecular weight excluding hydrogens is 297 g/mol. The maximum Gasteiger partial charge on any atom is 0.340 e. The van der Waals surface area contributed by atoms with Crippen LogP contribution in [0.3, 0.4) is 0 Å². The molecule has 3 N–H and O–H groups in total. The number of ether oxygens (including phenoxy) is 1. The first-order chi connectivity index (χ1) is 10.0. The maximum atomic E-state index is 13.1. The fourth-order valence-corrected chi connectivity index (χ4v) is 1.85. The minimum Gasteiger partial charge on any atom is -0.462 e. The van der Waals surface area contributed by atoms with Gasteiger partial charge in [0.05, 0.1) is 22.9 Å². The molecule has 5 nitrogen and oxygen atoms in total. The summed E-state index contributed by atoms with van der Waals surface area (Å²) in [6.45, 7) is 1.95. The van der Waals surface area contributed by atoms with E-state index in [1.165, 1.54) is 30.5 Å². The molecule has 2 aromatic rings. The molecule has 0 fully saturated rings. The second-order valence-electron chi connectivity index (χ2n) is 4.10. The molecule has 0 unspecified atom stereocenters. The Labute approximate surface area is 125 Å². The number of carbonyl (C=O) groups excluding carboxylic acids is 1. The van der Waals surface area contributed by atoms with E-state index in [1.54, 1.807) is 6.92 Å². The normalized spacial score (nSPS) is 10.2. The third kappa shape index (κ3) is 3.41. The second kappa shape index (κ2) is 6.41. The molecule has 0 radical (unpaired) electrons. The number of carbonyl (C=O) groups is 1. The van der Waals surface area contributed by atoms with Crippen molar-refractivity contribution in [3.63, 3.8) is 0 Å². The summed E-state index contributed by atoms with van der Waals surface area (Å²) in [7, 11) is 0. The predicted octanol–water partition coefficient (Wildman–Crippen LogP) is 3.38. The van der Waals surface area contributed by atoms with Crippen LogP contribution in [-0.4, -0.2) is 17.6 Å². The van der Waals surface area contributed by atoms with E-state index in [0.717, 1.165) is 0 Å². The van der Waals surface area contributed by atoms with Gasteiger partial charge in [0.2, 0.25) is 0 Å². The fourth-order valence-electron chi connectivity index (χ4n) is 1.67. The van der Waals surface area contributed by atoms with Crippen LogP contribution in [0.4, 0.5) is 21.6 Å². The molecule has 2 rings (SSSR count). The van der Waals surface area contributed by atoms with Crippen LogP contribution in [-0.2, 0) is 4.74 Å². The zero-order valence-electron chi connectivity index (χ0n) is 11.2. The van der Waals surface area contributed by atoms with Crippen molar-refractivity contribution in [3.05, 3.63) is 46.9 Å². The van der Waals surface area contributed by atoms with Crippen molar-refractivity contribution >= 4 is 34.8 Å². The summed E-state index contributed by atoms with van der Waals surface area (Å²) in [5.74, 6) is -0.788. The van der Waals surface area contributed by atoms with Gasteiger partial charge in [0.15, 0.2) is 5.82 Å². The highest BCUT2D eigenvalue weighted by molar-refractivity contribution is 6.31. The third-order valence-corrected chi connectivity index (χ3v) is 2.96. The topological polar surface area (TPSA) is 77.2 Å². The van der Waals surface area contributed by atoms with Crippen LogP contribution in [0.5, 0.6) is 0 Å². The first-order valence-corrected chi connectivity index (χ1v) is 6.54. The first-order valence-electron chi connectivity index (χ1n) is 6.16. The number of halogens is 2. The Kier molecular flexibility index (Phi) is 4.59. The summed E-state index contributed by atoms with van der Waals surface area (Å²) in [6.07, 6.45) is 1.43. The van der Waals surface area contributed by atoms with Crippen molar-refractivity contribution in [3.8, 4) is 0 Å². The van der Waals surface area contributed by atoms with Gasteiger partial charge in [-0.15, -0.1) is 0 Å². The number of pyridine rings is 1. The van der Waals surface area contributed by atoms with Crippen LogP contribution in [0.1, 0.15) is 17.3 Å². The average molecular weight is 310 g/mol. The molecule has 0 saturated carbocycles. The van der Waals surface area contributed by atoms with Crippen LogP contribution in [0.2, 0.25) is 5.02 Å². The van der Waals surface area contributed by atoms with Gasteiger partial charge in [-0.3, -0.25) is 0 Å². The first kappa shape index (κ1) is 15.1. The smallest absolute Gasteiger partial charge is 0.340 e. The monoisotopic (exact) mass is 309 g/mol. The van der Waals surface area contributed by atoms with Crippen LogP contribution in [0, 0.1) is 5.82 Å². The number of anilines is 3. The van der Waals surface area contributed by atoms with Crippen LogP contribution < -0.4 is 11.1 Å². The molecule has 21 heavy (non-hydrogen) atoms. The van der Waals surface area contributed by atoms with Crippen LogP contribution in [0.25, 0.3) is 0 Å². The molecule has 0 aliphatic heterocycles. The predicted molar refractivity (Wildman–Crippen MR) is 79.3 cm³/mol. The van der Waals surface area contributed by atoms with Gasteiger partial charge in [-0.25, -0.2) is 14.2 Å². The Morgan fingerprint density at radius 3 is 2.90 bits per heavy atom. The van der Waals surface area contributed by atoms with Crippen LogP contribution in [0.15, 0.2) is 30.5 Å². The summed E-state index contributed by atoms with van der Waals surface area (Å²) >= 11 is 5.70. The number of benzene rings is 1. The largest absolute Gasteiger partial charge is 0.462 e. The van der Waals surface area contributed by atoms with Gasteiger partial charge in [0, 0.05) is 11.9 Å². The van der Waals surface area contributed by atoms with E-state index in [2.05, 4.69) is 10.3 Å². The molecule has 0 aliphatic rings. The Morgan fingerprint density at radius 1 is 1.48 bits per heavy atom. The molecular formula is C14H13ClFN3O2. The van der Waals surface area contributed by atoms with E-state index in [1.807, 2.05) is 0 Å². The molecule has 0 amide bonds. The summed E-state index contributed by atoms with van der Waals surface area (Å²) in [5, 5.41) is 2.85. The zero-order valence-corrected chi connectivity index (χ0v) is 11.9. The quantitative estimate of drug-likeness (QED) is 0.847. The lowest BCUT2D eigenvalue weighted by Gasteiger charge is -2.11. The number of esters is 1. The van der Waals surface area contributed by atoms with Gasteiger partial charge in [-0.1, -0.05) is 11.6 Å². The summed E-state index contributed by atoms with van der Waals surface area (Å²) in [5.41, 5.74) is 6.76. The van der Waals surface area contributed by atoms with E-state index >= 15 is 0 Å². The second-order valence-corrected chi connectivity index (χ2v) is 4.50. The van der Waals surface area contributed by atoms with E-state index in [0.29, 0.717) is 5.69 Å². The molecule has 0 bridgehead atoms. The van der Waals surface area contributed by atoms with Crippen molar-refractivity contribution in [1.82, 2.24) is 4.98 Å². The number of aromatic nitrogens is 1. The average Bonchev–Trinajstić information content (AvgIpc) is 2.45. The van der Waals surface area contributed by atoms with Gasteiger partial charge in [-0.2, -0.15) is 0 Å². The Balaban J connectivity index is 2.30. The molecule has 1 heterocycles. The zero-order chi connectivity index (χ0) is 15.4. The van der Waals surface area contributed by atoms with Gasteiger partial charge >= 0.3 is 5.97 Å². The highest BCUT2D eigenvalue weighted by Crippen LogP contribution is 2.26. The molecule has 0 atom stereocenters. The van der Waals surface area contributed by atoms with Gasteiger partial charge in [-0.05, 0) is 31.2 Å². The minimum absolute atomic E-state index is 0.0277. The number of rotatable bonds is 4. The third-order valence-electron chi connectivity index (χ3n) is 2.67. The molecule has 0 spiro atoms. The van der Waals surface area contributed by atoms with E-state index in [4.69, 9.17) is 22.1 Å². The number of nitrogens with two attached hydrogens (primary N) is 1. The van der Waals surface area contributed by atoms with Crippen molar-refractivity contribution in [2.24, 2.45) is 0 Å². The minimum atomic E-state index is -0.530. The fraction of sp³-hybridized carbons (Fsp3) is 0.143. The van der Waals surface area contributed by atoms with Gasteiger partial charge in [0.25, 0.3) is 0 Å². The van der Waals surface area contributed by atoms with Crippen molar-refractivity contribution in [1.29, 1.82) is 0 Å². The summed E-state index contributed by atoms with van der Waals surface area (Å²) < 4.78 is 18.0. The number of nitrogens with zero attached hydrogens (tertiary/aromatic N) is 1. The van der Waals surface area contributed by atoms with Crippen molar-refractivity contribution in [2.75, 3.05) is 17.7 Å². The lowest BCUT2D eigenvalue weighted by atomic mass is 10.2. The van der Waals surface area contributed by atoms with Gasteiger partial charge < -0.3 is 15.8 Å². The number of hydrogen-bond donors (Lipinski definition) is 2. The summed E-state index contributed by atoms with van der Waals surface area (Å²) in [6, 6.07) is 5.57. The lowest BCUT2D eigenvalue weighted by Crippen LogP contribution is -2.10. The maximum absolute atomic E-state index is 13.1. The van der Waals surface area contributed by atoms with Crippen molar-refractivity contribution in [2.45, 2.75) is 6.92 Å². The molecule has 0 saturated heterocycles. The Hall–Kier alpha value is -2.34. The number of nitrogens with one attached hydrogen (secondary N) is 1. The standard InChI is InChI=1S/C14H13ClFN3O2/c1-2-21-14(20)9-5-6-18-13(12(9)17)19-8-3-4-11(16)10(15)7-8/h3-7H,2,17H2,1H3,(H,18,19). The highest BCUT2D eigenvalue weighted by atomic mass is 35.5. The Bertz CT molecular complexity index is 679. The SMILES string of the molecule is CCOC(=O)c1ccnc(Nc2ccc(F)c(Cl)c2)c1N. The molecule has 1 aromatic heterocycles. The van der Waals surface area contributed by atoms with E-state index in [9.17, 15) is 9.18 Å². The molecule has 110 valence electrons. The molecule has 0 aliphatic carbocycles. The lowest BCUT2D eigenvalue weighted by molar-refractivity contribution is 0.0527. The summed E-state index contributed by atoms with van der Waals surface area (Å²) in [4.78, 5) is 15.8. The van der Waals surface area contributed by atoms with Crippen molar-refractivity contribution < 1.29 is 13.9 Å². The molecule has 7 heteroatoms. The van der Waals surface area contributed by atoms with E-state index in [-0.39, 0.29) is 28.7 Å². The Morgan fingerprint density at radius 2 is 2.24 bits per heavy atom.